The maximum absolute atomic E-state index is 9.07. The molecular weight excluding hydrogens is 346 g/mol. The largest absolute Gasteiger partial charge is 0.368 e. The van der Waals surface area contributed by atoms with Crippen LogP contribution in [0.3, 0.4) is 0 Å². The summed E-state index contributed by atoms with van der Waals surface area (Å²) in [6.45, 7) is 5.39. The Kier molecular flexibility index (Phi) is 4.14. The number of rotatable bonds is 5. The molecule has 28 heavy (non-hydrogen) atoms. The van der Waals surface area contributed by atoms with Gasteiger partial charge in [-0.15, -0.1) is 5.10 Å². The molecule has 1 aromatic heterocycles. The quantitative estimate of drug-likeness (QED) is 0.721. The molecule has 0 spiro atoms. The van der Waals surface area contributed by atoms with E-state index in [-0.39, 0.29) is 0 Å². The molecule has 2 N–H and O–H groups in total. The first-order valence-corrected chi connectivity index (χ1v) is 9.85. The van der Waals surface area contributed by atoms with E-state index in [1.165, 1.54) is 5.56 Å². The predicted molar refractivity (Wildman–Crippen MR) is 110 cm³/mol. The first kappa shape index (κ1) is 17.0. The Morgan fingerprint density at radius 2 is 1.82 bits per heavy atom. The molecule has 1 aliphatic heterocycles. The lowest BCUT2D eigenvalue weighted by Crippen LogP contribution is -2.18. The monoisotopic (exact) mass is 369 g/mol. The smallest absolute Gasteiger partial charge is 0.149 e. The number of piperidine rings is 1. The Hall–Kier alpha value is -3.10. The third-order valence-electron chi connectivity index (χ3n) is 6.09. The number of nitriles is 1. The van der Waals surface area contributed by atoms with E-state index in [4.69, 9.17) is 10.4 Å². The lowest BCUT2D eigenvalue weighted by atomic mass is 10.1. The first-order valence-electron chi connectivity index (χ1n) is 9.85. The molecule has 0 bridgehead atoms. The summed E-state index contributed by atoms with van der Waals surface area (Å²) in [6, 6.07) is 20.4. The molecular formula is C23H23N5. The van der Waals surface area contributed by atoms with E-state index in [0.29, 0.717) is 5.56 Å². The molecule has 1 saturated heterocycles. The van der Waals surface area contributed by atoms with Crippen molar-refractivity contribution in [1.82, 2.24) is 15.1 Å². The van der Waals surface area contributed by atoms with Crippen molar-refractivity contribution in [3.63, 3.8) is 0 Å². The highest BCUT2D eigenvalue weighted by atomic mass is 15.3. The van der Waals surface area contributed by atoms with E-state index >= 15 is 0 Å². The number of aromatic nitrogens is 2. The van der Waals surface area contributed by atoms with Crippen molar-refractivity contribution in [1.29, 1.82) is 5.26 Å². The zero-order chi connectivity index (χ0) is 19.1. The second-order valence-corrected chi connectivity index (χ2v) is 7.88. The molecule has 2 heterocycles. The van der Waals surface area contributed by atoms with Crippen molar-refractivity contribution in [2.24, 2.45) is 17.8 Å². The average molecular weight is 369 g/mol. The zero-order valence-corrected chi connectivity index (χ0v) is 15.9. The van der Waals surface area contributed by atoms with Crippen LogP contribution in [-0.2, 0) is 0 Å². The van der Waals surface area contributed by atoms with E-state index in [9.17, 15) is 0 Å². The van der Waals surface area contributed by atoms with Gasteiger partial charge >= 0.3 is 0 Å². The number of hydrogen-bond acceptors (Lipinski definition) is 4. The highest BCUT2D eigenvalue weighted by Crippen LogP contribution is 2.48. The van der Waals surface area contributed by atoms with Crippen LogP contribution < -0.4 is 10.6 Å². The molecule has 5 heteroatoms. The summed E-state index contributed by atoms with van der Waals surface area (Å²) in [5.74, 6) is 3.34. The van der Waals surface area contributed by atoms with Crippen molar-refractivity contribution in [3.8, 4) is 23.0 Å². The van der Waals surface area contributed by atoms with Gasteiger partial charge in [0, 0.05) is 18.2 Å². The van der Waals surface area contributed by atoms with E-state index in [1.54, 1.807) is 0 Å². The number of hydrogen-bond donors (Lipinski definition) is 2. The number of aryl methyl sites for hydroxylation is 1. The number of benzene rings is 2. The zero-order valence-electron chi connectivity index (χ0n) is 15.9. The van der Waals surface area contributed by atoms with Crippen molar-refractivity contribution < 1.29 is 0 Å². The van der Waals surface area contributed by atoms with Gasteiger partial charge in [-0.1, -0.05) is 29.8 Å². The van der Waals surface area contributed by atoms with E-state index < -0.39 is 0 Å². The number of fused-ring (bicyclic) bond motifs is 1. The van der Waals surface area contributed by atoms with Gasteiger partial charge in [0.2, 0.25) is 0 Å². The number of nitrogens with zero attached hydrogens (tertiary/aromatic N) is 3. The standard InChI is InChI=1S/C23H23N5/c1-15-2-6-17(7-3-15)22-10-23(26-14-21-19-12-25-13-20(19)21)27-28(22)18-8-4-16(11-24)5-9-18/h2-10,19-21,25H,12-14H2,1H3,(H,26,27)/t19-,20+,21+. The fourth-order valence-corrected chi connectivity index (χ4v) is 4.34. The summed E-state index contributed by atoms with van der Waals surface area (Å²) in [6.07, 6.45) is 0. The summed E-state index contributed by atoms with van der Waals surface area (Å²) in [4.78, 5) is 0. The Labute approximate surface area is 165 Å². The van der Waals surface area contributed by atoms with E-state index in [0.717, 1.165) is 60.2 Å². The fourth-order valence-electron chi connectivity index (χ4n) is 4.34. The third-order valence-corrected chi connectivity index (χ3v) is 6.09. The Morgan fingerprint density at radius 1 is 1.11 bits per heavy atom. The molecule has 5 rings (SSSR count). The lowest BCUT2D eigenvalue weighted by Gasteiger charge is -2.08. The molecule has 1 aliphatic carbocycles. The van der Waals surface area contributed by atoms with Gasteiger partial charge in [0.1, 0.15) is 5.82 Å². The fraction of sp³-hybridized carbons (Fsp3) is 0.304. The Morgan fingerprint density at radius 3 is 2.50 bits per heavy atom. The van der Waals surface area contributed by atoms with Crippen molar-refractivity contribution in [2.45, 2.75) is 6.92 Å². The van der Waals surface area contributed by atoms with Crippen molar-refractivity contribution in [2.75, 3.05) is 25.0 Å². The Balaban J connectivity index is 1.45. The first-order chi connectivity index (χ1) is 13.7. The minimum Gasteiger partial charge on any atom is -0.368 e. The van der Waals surface area contributed by atoms with Crippen LogP contribution in [0.15, 0.2) is 54.6 Å². The highest BCUT2D eigenvalue weighted by molar-refractivity contribution is 5.66. The number of nitrogens with one attached hydrogen (secondary N) is 2. The normalized spacial score (nSPS) is 22.5. The van der Waals surface area contributed by atoms with Crippen molar-refractivity contribution in [3.05, 3.63) is 65.7 Å². The molecule has 0 unspecified atom stereocenters. The molecule has 3 atom stereocenters. The van der Waals surface area contributed by atoms with Gasteiger partial charge in [0.15, 0.2) is 0 Å². The molecule has 5 nitrogen and oxygen atoms in total. The van der Waals surface area contributed by atoms with Crippen LogP contribution in [-0.4, -0.2) is 29.4 Å². The van der Waals surface area contributed by atoms with Crippen LogP contribution in [0.5, 0.6) is 0 Å². The molecule has 0 amide bonds. The van der Waals surface area contributed by atoms with Crippen molar-refractivity contribution >= 4 is 5.82 Å². The second-order valence-electron chi connectivity index (χ2n) is 7.88. The number of anilines is 1. The molecule has 2 aromatic carbocycles. The van der Waals surface area contributed by atoms with Crippen LogP contribution in [0, 0.1) is 36.0 Å². The summed E-state index contributed by atoms with van der Waals surface area (Å²) >= 11 is 0. The maximum Gasteiger partial charge on any atom is 0.149 e. The van der Waals surface area contributed by atoms with Crippen LogP contribution in [0.2, 0.25) is 0 Å². The Bertz CT molecular complexity index is 1020. The summed E-state index contributed by atoms with van der Waals surface area (Å²) in [5.41, 5.74) is 5.02. The molecule has 3 aromatic rings. The van der Waals surface area contributed by atoms with Crippen LogP contribution in [0.1, 0.15) is 11.1 Å². The molecule has 140 valence electrons. The van der Waals surface area contributed by atoms with E-state index in [2.05, 4.69) is 54.0 Å². The lowest BCUT2D eigenvalue weighted by molar-refractivity contribution is 0.614. The second kappa shape index (κ2) is 6.81. The highest BCUT2D eigenvalue weighted by Gasteiger charge is 2.52. The third kappa shape index (κ3) is 3.06. The van der Waals surface area contributed by atoms with Crippen LogP contribution in [0.25, 0.3) is 16.9 Å². The average Bonchev–Trinajstić information content (AvgIpc) is 3.07. The van der Waals surface area contributed by atoms with Crippen LogP contribution >= 0.6 is 0 Å². The molecule has 2 fully saturated rings. The molecule has 0 radical (unpaired) electrons. The van der Waals surface area contributed by atoms with Gasteiger partial charge in [-0.3, -0.25) is 0 Å². The minimum atomic E-state index is 0.653. The van der Waals surface area contributed by atoms with Gasteiger partial charge in [-0.2, -0.15) is 5.26 Å². The molecule has 2 aliphatic rings. The van der Waals surface area contributed by atoms with E-state index in [1.807, 2.05) is 28.9 Å². The van der Waals surface area contributed by atoms with Gasteiger partial charge in [0.25, 0.3) is 0 Å². The van der Waals surface area contributed by atoms with Crippen LogP contribution in [0.4, 0.5) is 5.82 Å². The summed E-state index contributed by atoms with van der Waals surface area (Å²) < 4.78 is 1.96. The van der Waals surface area contributed by atoms with Gasteiger partial charge < -0.3 is 10.6 Å². The SMILES string of the molecule is Cc1ccc(-c2cc(NC[C@H]3[C@@H]4CNC[C@@H]43)nn2-c2ccc(C#N)cc2)cc1. The molecule has 1 saturated carbocycles. The maximum atomic E-state index is 9.07. The van der Waals surface area contributed by atoms with Gasteiger partial charge in [-0.25, -0.2) is 4.68 Å². The van der Waals surface area contributed by atoms with Gasteiger partial charge in [-0.05, 0) is 62.0 Å². The minimum absolute atomic E-state index is 0.653. The topological polar surface area (TPSA) is 65.7 Å². The summed E-state index contributed by atoms with van der Waals surface area (Å²) in [5, 5.41) is 20.9. The van der Waals surface area contributed by atoms with Gasteiger partial charge in [0.05, 0.1) is 23.0 Å². The summed E-state index contributed by atoms with van der Waals surface area (Å²) in [7, 11) is 0. The predicted octanol–water partition coefficient (Wildman–Crippen LogP) is 3.60.